The molecule has 0 amide bonds. The summed E-state index contributed by atoms with van der Waals surface area (Å²) in [5, 5.41) is 9.60. The molecule has 0 aliphatic carbocycles. The van der Waals surface area contributed by atoms with Crippen LogP contribution >= 0.6 is 0 Å². The van der Waals surface area contributed by atoms with E-state index in [1.165, 1.54) is 12.1 Å². The Hall–Kier alpha value is -4.78. The number of halogens is 1. The molecule has 7 heteroatoms. The second-order valence-corrected chi connectivity index (χ2v) is 10.2. The van der Waals surface area contributed by atoms with Crippen molar-refractivity contribution in [2.24, 2.45) is 7.05 Å². The van der Waals surface area contributed by atoms with Gasteiger partial charge in [0.25, 0.3) is 0 Å². The molecule has 0 radical (unpaired) electrons. The number of carbonyl (C=O) groups is 1. The van der Waals surface area contributed by atoms with Gasteiger partial charge in [-0.15, -0.1) is 0 Å². The van der Waals surface area contributed by atoms with Crippen molar-refractivity contribution in [2.45, 2.75) is 33.2 Å². The molecule has 6 nitrogen and oxygen atoms in total. The van der Waals surface area contributed by atoms with Gasteiger partial charge >= 0.3 is 5.97 Å². The summed E-state index contributed by atoms with van der Waals surface area (Å²) in [4.78, 5) is 21.5. The lowest BCUT2D eigenvalue weighted by molar-refractivity contribution is 0.0697. The largest absolute Gasteiger partial charge is 0.478 e. The van der Waals surface area contributed by atoms with E-state index in [-0.39, 0.29) is 11.4 Å². The number of aromatic nitrogens is 4. The number of carboxylic acid groups (broad SMARTS) is 1. The first-order valence-electron chi connectivity index (χ1n) is 13.4. The van der Waals surface area contributed by atoms with Crippen LogP contribution in [0.15, 0.2) is 78.9 Å². The van der Waals surface area contributed by atoms with Crippen LogP contribution < -0.4 is 0 Å². The standard InChI is InChI=1S/C33H29FN4O2/c1-4-7-30-36-31-20(2)16-23(32-35-27-18-24(34)14-15-28(27)37(32)3)17-29(31)38(30)19-21-10-12-22(13-11-21)25-8-5-6-9-26(25)33(39)40/h5-6,8-18H,4,7,19H2,1-3H3,(H,39,40). The topological polar surface area (TPSA) is 72.9 Å². The highest BCUT2D eigenvalue weighted by Gasteiger charge is 2.18. The maximum atomic E-state index is 13.9. The number of benzene rings is 4. The van der Waals surface area contributed by atoms with Gasteiger partial charge in [0.15, 0.2) is 0 Å². The molecule has 0 saturated heterocycles. The van der Waals surface area contributed by atoms with Gasteiger partial charge in [-0.05, 0) is 65.9 Å². The first kappa shape index (κ1) is 25.5. The fourth-order valence-corrected chi connectivity index (χ4v) is 5.49. The number of imidazole rings is 2. The highest BCUT2D eigenvalue weighted by Crippen LogP contribution is 2.31. The summed E-state index contributed by atoms with van der Waals surface area (Å²) in [5.74, 6) is 0.552. The van der Waals surface area contributed by atoms with Gasteiger partial charge in [-0.1, -0.05) is 49.4 Å². The normalized spacial score (nSPS) is 11.5. The van der Waals surface area contributed by atoms with Crippen LogP contribution in [0.2, 0.25) is 0 Å². The molecule has 0 fully saturated rings. The molecule has 2 aromatic heterocycles. The summed E-state index contributed by atoms with van der Waals surface area (Å²) >= 11 is 0. The predicted molar refractivity (Wildman–Crippen MR) is 156 cm³/mol. The van der Waals surface area contributed by atoms with E-state index < -0.39 is 5.97 Å². The minimum Gasteiger partial charge on any atom is -0.478 e. The average molecular weight is 533 g/mol. The Labute approximate surface area is 231 Å². The third-order valence-electron chi connectivity index (χ3n) is 7.46. The Morgan fingerprint density at radius 1 is 0.925 bits per heavy atom. The van der Waals surface area contributed by atoms with Gasteiger partial charge in [0.05, 0.1) is 27.6 Å². The van der Waals surface area contributed by atoms with Crippen molar-refractivity contribution in [3.63, 3.8) is 0 Å². The minimum absolute atomic E-state index is 0.286. The maximum absolute atomic E-state index is 13.9. The van der Waals surface area contributed by atoms with E-state index in [0.717, 1.165) is 63.3 Å². The first-order chi connectivity index (χ1) is 19.3. The number of fused-ring (bicyclic) bond motifs is 2. The second kappa shape index (κ2) is 10.1. The third kappa shape index (κ3) is 4.43. The number of hydrogen-bond donors (Lipinski definition) is 1. The van der Waals surface area contributed by atoms with Crippen LogP contribution in [0, 0.1) is 12.7 Å². The van der Waals surface area contributed by atoms with Crippen molar-refractivity contribution in [1.82, 2.24) is 19.1 Å². The van der Waals surface area contributed by atoms with E-state index in [0.29, 0.717) is 17.6 Å². The number of aryl methyl sites for hydroxylation is 3. The second-order valence-electron chi connectivity index (χ2n) is 10.2. The summed E-state index contributed by atoms with van der Waals surface area (Å²) < 4.78 is 18.1. The number of hydrogen-bond acceptors (Lipinski definition) is 3. The maximum Gasteiger partial charge on any atom is 0.336 e. The molecule has 200 valence electrons. The van der Waals surface area contributed by atoms with Gasteiger partial charge in [0, 0.05) is 31.6 Å². The Morgan fingerprint density at radius 2 is 1.70 bits per heavy atom. The van der Waals surface area contributed by atoms with Gasteiger partial charge in [-0.25, -0.2) is 19.2 Å². The molecular weight excluding hydrogens is 503 g/mol. The predicted octanol–water partition coefficient (Wildman–Crippen LogP) is 7.40. The Balaban J connectivity index is 1.42. The number of carboxylic acids is 1. The van der Waals surface area contributed by atoms with Crippen molar-refractivity contribution in [2.75, 3.05) is 0 Å². The lowest BCUT2D eigenvalue weighted by Crippen LogP contribution is -2.05. The Kier molecular flexibility index (Phi) is 6.42. The molecule has 0 unspecified atom stereocenters. The molecule has 6 rings (SSSR count). The van der Waals surface area contributed by atoms with Gasteiger partial charge in [-0.2, -0.15) is 0 Å². The Morgan fingerprint density at radius 3 is 2.45 bits per heavy atom. The zero-order valence-corrected chi connectivity index (χ0v) is 22.6. The highest BCUT2D eigenvalue weighted by atomic mass is 19.1. The lowest BCUT2D eigenvalue weighted by Gasteiger charge is -2.12. The molecule has 0 aliphatic heterocycles. The highest BCUT2D eigenvalue weighted by molar-refractivity contribution is 5.96. The van der Waals surface area contributed by atoms with Crippen LogP contribution in [0.25, 0.3) is 44.6 Å². The zero-order chi connectivity index (χ0) is 28.0. The van der Waals surface area contributed by atoms with Crippen molar-refractivity contribution in [3.8, 4) is 22.5 Å². The monoisotopic (exact) mass is 532 g/mol. The number of aromatic carboxylic acids is 1. The van der Waals surface area contributed by atoms with Gasteiger partial charge in [0.1, 0.15) is 17.5 Å². The summed E-state index contributed by atoms with van der Waals surface area (Å²) in [6, 6.07) is 24.0. The fourth-order valence-electron chi connectivity index (χ4n) is 5.49. The van der Waals surface area contributed by atoms with Gasteiger partial charge in [-0.3, -0.25) is 0 Å². The zero-order valence-electron chi connectivity index (χ0n) is 22.6. The fraction of sp³-hybridized carbons (Fsp3) is 0.182. The van der Waals surface area contributed by atoms with Crippen LogP contribution in [0.5, 0.6) is 0 Å². The molecule has 4 aromatic carbocycles. The van der Waals surface area contributed by atoms with E-state index in [4.69, 9.17) is 9.97 Å². The molecule has 40 heavy (non-hydrogen) atoms. The average Bonchev–Trinajstić information content (AvgIpc) is 3.46. The van der Waals surface area contributed by atoms with E-state index in [1.807, 2.05) is 48.0 Å². The molecule has 0 saturated carbocycles. The molecule has 6 aromatic rings. The summed E-state index contributed by atoms with van der Waals surface area (Å²) in [5.41, 5.74) is 8.44. The van der Waals surface area contributed by atoms with E-state index in [1.54, 1.807) is 18.2 Å². The third-order valence-corrected chi connectivity index (χ3v) is 7.46. The smallest absolute Gasteiger partial charge is 0.336 e. The summed E-state index contributed by atoms with van der Waals surface area (Å²) in [7, 11) is 1.95. The summed E-state index contributed by atoms with van der Waals surface area (Å²) in [6.07, 6.45) is 1.82. The van der Waals surface area contributed by atoms with Crippen LogP contribution in [-0.4, -0.2) is 30.2 Å². The van der Waals surface area contributed by atoms with Crippen molar-refractivity contribution in [1.29, 1.82) is 0 Å². The van der Waals surface area contributed by atoms with Crippen LogP contribution in [-0.2, 0) is 20.0 Å². The molecular formula is C33H29FN4O2. The lowest BCUT2D eigenvalue weighted by atomic mass is 9.98. The van der Waals surface area contributed by atoms with Crippen LogP contribution in [0.1, 0.15) is 40.7 Å². The van der Waals surface area contributed by atoms with Gasteiger partial charge < -0.3 is 14.2 Å². The molecule has 0 spiro atoms. The molecule has 0 atom stereocenters. The van der Waals surface area contributed by atoms with E-state index >= 15 is 0 Å². The van der Waals surface area contributed by atoms with Crippen molar-refractivity contribution < 1.29 is 14.3 Å². The minimum atomic E-state index is -0.939. The Bertz CT molecular complexity index is 1900. The number of nitrogens with zero attached hydrogens (tertiary/aromatic N) is 4. The van der Waals surface area contributed by atoms with Crippen molar-refractivity contribution in [3.05, 3.63) is 107 Å². The SMILES string of the molecule is CCCc1nc2c(C)cc(-c3nc4cc(F)ccc4n3C)cc2n1Cc1ccc(-c2ccccc2C(=O)O)cc1. The number of rotatable bonds is 7. The summed E-state index contributed by atoms with van der Waals surface area (Å²) in [6.45, 7) is 4.84. The first-order valence-corrected chi connectivity index (χ1v) is 13.4. The van der Waals surface area contributed by atoms with Crippen LogP contribution in [0.3, 0.4) is 0 Å². The van der Waals surface area contributed by atoms with Crippen LogP contribution in [0.4, 0.5) is 4.39 Å². The quantitative estimate of drug-likeness (QED) is 0.232. The van der Waals surface area contributed by atoms with E-state index in [9.17, 15) is 14.3 Å². The molecule has 0 bridgehead atoms. The molecule has 0 aliphatic rings. The van der Waals surface area contributed by atoms with E-state index in [2.05, 4.69) is 30.5 Å². The van der Waals surface area contributed by atoms with Crippen molar-refractivity contribution >= 4 is 28.0 Å². The molecule has 1 N–H and O–H groups in total. The molecule has 2 heterocycles. The van der Waals surface area contributed by atoms with Gasteiger partial charge in [0.2, 0.25) is 0 Å².